The standard InChI is InChI=1S/C21H21N5O9/c1-10(2)7-24-17(22)16(19(30)23(3)21(24)32)13(27)9-35-14(28)8-25-18(29)11-5-4-6-12(26(33)34)15(11)20(25)31/h4-6,10H,7-9,22H2,1-3H3. The summed E-state index contributed by atoms with van der Waals surface area (Å²) in [5.74, 6) is -4.58. The van der Waals surface area contributed by atoms with Crippen LogP contribution in [-0.4, -0.2) is 55.7 Å². The fourth-order valence-corrected chi connectivity index (χ4v) is 3.59. The highest BCUT2D eigenvalue weighted by Crippen LogP contribution is 2.30. The molecular formula is C21H21N5O9. The summed E-state index contributed by atoms with van der Waals surface area (Å²) in [6.07, 6.45) is 0. The summed E-state index contributed by atoms with van der Waals surface area (Å²) < 4.78 is 6.61. The van der Waals surface area contributed by atoms with Crippen molar-refractivity contribution in [2.24, 2.45) is 13.0 Å². The van der Waals surface area contributed by atoms with E-state index in [1.165, 1.54) is 19.2 Å². The molecule has 35 heavy (non-hydrogen) atoms. The number of benzene rings is 1. The van der Waals surface area contributed by atoms with Gasteiger partial charge in [-0.2, -0.15) is 0 Å². The van der Waals surface area contributed by atoms with Crippen LogP contribution >= 0.6 is 0 Å². The van der Waals surface area contributed by atoms with E-state index in [0.29, 0.717) is 9.47 Å². The monoisotopic (exact) mass is 487 g/mol. The predicted molar refractivity (Wildman–Crippen MR) is 119 cm³/mol. The summed E-state index contributed by atoms with van der Waals surface area (Å²) in [6, 6.07) is 3.49. The molecule has 184 valence electrons. The Morgan fingerprint density at radius 3 is 2.40 bits per heavy atom. The van der Waals surface area contributed by atoms with Gasteiger partial charge < -0.3 is 10.5 Å². The first-order valence-corrected chi connectivity index (χ1v) is 10.3. The smallest absolute Gasteiger partial charge is 0.332 e. The van der Waals surface area contributed by atoms with Crippen LogP contribution in [0.4, 0.5) is 11.5 Å². The Balaban J connectivity index is 1.77. The van der Waals surface area contributed by atoms with E-state index in [2.05, 4.69) is 0 Å². The molecule has 2 aromatic rings. The first kappa shape index (κ1) is 25.0. The van der Waals surface area contributed by atoms with Gasteiger partial charge in [-0.3, -0.25) is 48.1 Å². The SMILES string of the molecule is CC(C)Cn1c(N)c(C(=O)COC(=O)CN2C(=O)c3cccc([N+](=O)[O-])c3C2=O)c(=O)n(C)c1=O. The Morgan fingerprint density at radius 1 is 1.14 bits per heavy atom. The number of nitrogens with two attached hydrogens (primary N) is 1. The summed E-state index contributed by atoms with van der Waals surface area (Å²) in [5, 5.41) is 11.2. The topological polar surface area (TPSA) is 194 Å². The van der Waals surface area contributed by atoms with Crippen molar-refractivity contribution in [3.8, 4) is 0 Å². The maximum absolute atomic E-state index is 12.6. The van der Waals surface area contributed by atoms with E-state index in [1.807, 2.05) is 0 Å². The van der Waals surface area contributed by atoms with Crippen LogP contribution in [0.15, 0.2) is 27.8 Å². The van der Waals surface area contributed by atoms with Crippen molar-refractivity contribution < 1.29 is 28.8 Å². The number of hydrogen-bond acceptors (Lipinski definition) is 10. The number of amides is 2. The van der Waals surface area contributed by atoms with E-state index >= 15 is 0 Å². The Labute approximate surface area is 196 Å². The fourth-order valence-electron chi connectivity index (χ4n) is 3.59. The van der Waals surface area contributed by atoms with Gasteiger partial charge in [0.05, 0.1) is 10.5 Å². The molecule has 0 aliphatic carbocycles. The molecule has 0 radical (unpaired) electrons. The number of hydrogen-bond donors (Lipinski definition) is 1. The molecule has 2 amide bonds. The minimum atomic E-state index is -1.18. The number of nitro benzene ring substituents is 1. The molecule has 0 saturated carbocycles. The first-order chi connectivity index (χ1) is 16.4. The number of ketones is 1. The summed E-state index contributed by atoms with van der Waals surface area (Å²) in [7, 11) is 1.17. The highest BCUT2D eigenvalue weighted by molar-refractivity contribution is 6.24. The Bertz CT molecular complexity index is 1400. The van der Waals surface area contributed by atoms with Gasteiger partial charge in [-0.05, 0) is 12.0 Å². The van der Waals surface area contributed by atoms with Crippen LogP contribution < -0.4 is 17.0 Å². The van der Waals surface area contributed by atoms with E-state index in [1.54, 1.807) is 13.8 Å². The number of aromatic nitrogens is 2. The largest absolute Gasteiger partial charge is 0.456 e. The predicted octanol–water partition coefficient (Wildman–Crippen LogP) is -0.284. The van der Waals surface area contributed by atoms with Crippen LogP contribution in [0.2, 0.25) is 0 Å². The maximum atomic E-state index is 12.6. The lowest BCUT2D eigenvalue weighted by atomic mass is 10.1. The summed E-state index contributed by atoms with van der Waals surface area (Å²) in [6.45, 7) is 1.85. The van der Waals surface area contributed by atoms with Gasteiger partial charge in [-0.1, -0.05) is 19.9 Å². The average Bonchev–Trinajstić information content (AvgIpc) is 3.04. The second kappa shape index (κ2) is 9.32. The minimum Gasteiger partial charge on any atom is -0.456 e. The fraction of sp³-hybridized carbons (Fsp3) is 0.333. The number of nitrogen functional groups attached to an aromatic ring is 1. The maximum Gasteiger partial charge on any atom is 0.332 e. The molecule has 1 aliphatic rings. The van der Waals surface area contributed by atoms with Gasteiger partial charge in [0.2, 0.25) is 5.78 Å². The van der Waals surface area contributed by atoms with Crippen molar-refractivity contribution in [1.29, 1.82) is 0 Å². The highest BCUT2D eigenvalue weighted by atomic mass is 16.6. The number of esters is 1. The van der Waals surface area contributed by atoms with Crippen molar-refractivity contribution >= 4 is 35.1 Å². The van der Waals surface area contributed by atoms with E-state index in [9.17, 15) is 38.9 Å². The lowest BCUT2D eigenvalue weighted by molar-refractivity contribution is -0.385. The summed E-state index contributed by atoms with van der Waals surface area (Å²) in [4.78, 5) is 85.6. The number of nitrogens with zero attached hydrogens (tertiary/aromatic N) is 4. The molecule has 0 spiro atoms. The van der Waals surface area contributed by atoms with E-state index in [0.717, 1.165) is 10.6 Å². The number of fused-ring (bicyclic) bond motifs is 1. The zero-order chi connectivity index (χ0) is 26.2. The number of anilines is 1. The molecular weight excluding hydrogens is 466 g/mol. The third-order valence-corrected chi connectivity index (χ3v) is 5.24. The van der Waals surface area contributed by atoms with Crippen molar-refractivity contribution in [3.63, 3.8) is 0 Å². The number of carbonyl (C=O) groups excluding carboxylic acids is 4. The lowest BCUT2D eigenvalue weighted by Crippen LogP contribution is -2.43. The van der Waals surface area contributed by atoms with E-state index < -0.39 is 69.7 Å². The van der Waals surface area contributed by atoms with Crippen molar-refractivity contribution in [2.75, 3.05) is 18.9 Å². The number of nitro groups is 1. The number of rotatable bonds is 8. The number of imide groups is 1. The Kier molecular flexibility index (Phi) is 6.66. The third-order valence-electron chi connectivity index (χ3n) is 5.24. The number of Topliss-reactive ketones (excluding diaryl/α,β-unsaturated/α-hetero) is 1. The van der Waals surface area contributed by atoms with Crippen molar-refractivity contribution in [2.45, 2.75) is 20.4 Å². The Hall–Kier alpha value is -4.62. The quantitative estimate of drug-likeness (QED) is 0.170. The van der Waals surface area contributed by atoms with E-state index in [-0.39, 0.29) is 23.8 Å². The number of ether oxygens (including phenoxy) is 1. The molecule has 0 saturated heterocycles. The second-order valence-corrected chi connectivity index (χ2v) is 8.15. The van der Waals surface area contributed by atoms with Gasteiger partial charge in [-0.15, -0.1) is 0 Å². The molecule has 0 atom stereocenters. The lowest BCUT2D eigenvalue weighted by Gasteiger charge is -2.16. The van der Waals surface area contributed by atoms with Gasteiger partial charge in [0, 0.05) is 19.7 Å². The van der Waals surface area contributed by atoms with Gasteiger partial charge in [0.25, 0.3) is 23.1 Å². The first-order valence-electron chi connectivity index (χ1n) is 10.3. The molecule has 2 heterocycles. The van der Waals surface area contributed by atoms with Crippen LogP contribution in [0, 0.1) is 16.0 Å². The summed E-state index contributed by atoms with van der Waals surface area (Å²) in [5.41, 5.74) is 2.40. The van der Waals surface area contributed by atoms with Crippen LogP contribution in [0.3, 0.4) is 0 Å². The zero-order valence-corrected chi connectivity index (χ0v) is 19.0. The average molecular weight is 487 g/mol. The molecule has 0 bridgehead atoms. The minimum absolute atomic E-state index is 0.0382. The molecule has 14 heteroatoms. The molecule has 1 aromatic heterocycles. The van der Waals surface area contributed by atoms with Gasteiger partial charge in [0.1, 0.15) is 23.5 Å². The second-order valence-electron chi connectivity index (χ2n) is 8.15. The third kappa shape index (κ3) is 4.45. The summed E-state index contributed by atoms with van der Waals surface area (Å²) >= 11 is 0. The molecule has 14 nitrogen and oxygen atoms in total. The van der Waals surface area contributed by atoms with Gasteiger partial charge in [0.15, 0.2) is 6.61 Å². The van der Waals surface area contributed by atoms with E-state index in [4.69, 9.17) is 10.5 Å². The molecule has 1 aliphatic heterocycles. The zero-order valence-electron chi connectivity index (χ0n) is 19.0. The van der Waals surface area contributed by atoms with Crippen molar-refractivity contribution in [1.82, 2.24) is 14.0 Å². The number of carbonyl (C=O) groups is 4. The molecule has 3 rings (SSSR count). The van der Waals surface area contributed by atoms with Crippen LogP contribution in [0.1, 0.15) is 44.9 Å². The van der Waals surface area contributed by atoms with Gasteiger partial charge >= 0.3 is 11.7 Å². The molecule has 1 aromatic carbocycles. The van der Waals surface area contributed by atoms with Gasteiger partial charge in [-0.25, -0.2) is 4.79 Å². The van der Waals surface area contributed by atoms with Crippen molar-refractivity contribution in [3.05, 3.63) is 65.8 Å². The normalized spacial score (nSPS) is 12.7. The van der Waals surface area contributed by atoms with Crippen LogP contribution in [0.5, 0.6) is 0 Å². The molecule has 0 unspecified atom stereocenters. The molecule has 0 fully saturated rings. The van der Waals surface area contributed by atoms with Crippen LogP contribution in [0.25, 0.3) is 0 Å². The highest BCUT2D eigenvalue weighted by Gasteiger charge is 2.42. The Morgan fingerprint density at radius 2 is 1.80 bits per heavy atom. The van der Waals surface area contributed by atoms with Crippen LogP contribution in [-0.2, 0) is 23.1 Å². The molecule has 2 N–H and O–H groups in total.